The molecule has 1 saturated heterocycles. The van der Waals surface area contributed by atoms with Crippen LogP contribution in [0.5, 0.6) is 0 Å². The van der Waals surface area contributed by atoms with E-state index in [0.29, 0.717) is 49.7 Å². The predicted octanol–water partition coefficient (Wildman–Crippen LogP) is 1.92. The second kappa shape index (κ2) is 7.05. The summed E-state index contributed by atoms with van der Waals surface area (Å²) in [6.07, 6.45) is 3.90. The molecule has 0 N–H and O–H groups in total. The number of aryl methyl sites for hydroxylation is 2. The Morgan fingerprint density at radius 2 is 1.96 bits per heavy atom. The van der Waals surface area contributed by atoms with Gasteiger partial charge in [0, 0.05) is 50.7 Å². The SMILES string of the molecule is Cc1noc(C)c1S(=O)(=O)N1CCN(Cc2cn3ccccc3c2C#N)CC1. The highest BCUT2D eigenvalue weighted by atomic mass is 32.2. The first kappa shape index (κ1) is 18.7. The van der Waals surface area contributed by atoms with Crippen LogP contribution in [0.15, 0.2) is 40.0 Å². The molecule has 9 heteroatoms. The summed E-state index contributed by atoms with van der Waals surface area (Å²) >= 11 is 0. The van der Waals surface area contributed by atoms with Gasteiger partial charge in [0.1, 0.15) is 16.7 Å². The Labute approximate surface area is 163 Å². The van der Waals surface area contributed by atoms with E-state index in [4.69, 9.17) is 4.52 Å². The van der Waals surface area contributed by atoms with Crippen LogP contribution in [-0.2, 0) is 16.6 Å². The first-order valence-electron chi connectivity index (χ1n) is 9.06. The van der Waals surface area contributed by atoms with E-state index in [1.54, 1.807) is 13.8 Å². The van der Waals surface area contributed by atoms with Crippen molar-refractivity contribution in [1.29, 1.82) is 5.26 Å². The molecule has 1 aliphatic rings. The number of fused-ring (bicyclic) bond motifs is 1. The van der Waals surface area contributed by atoms with Crippen LogP contribution in [0.4, 0.5) is 0 Å². The normalized spacial score (nSPS) is 16.5. The molecule has 1 aliphatic heterocycles. The van der Waals surface area contributed by atoms with Crippen molar-refractivity contribution < 1.29 is 12.9 Å². The fourth-order valence-corrected chi connectivity index (χ4v) is 5.48. The van der Waals surface area contributed by atoms with Crippen molar-refractivity contribution in [3.63, 3.8) is 0 Å². The lowest BCUT2D eigenvalue weighted by Gasteiger charge is -2.33. The highest BCUT2D eigenvalue weighted by Crippen LogP contribution is 2.25. The quantitative estimate of drug-likeness (QED) is 0.665. The first-order chi connectivity index (χ1) is 13.4. The van der Waals surface area contributed by atoms with Gasteiger partial charge in [-0.3, -0.25) is 4.90 Å². The molecular weight excluding hydrogens is 378 g/mol. The summed E-state index contributed by atoms with van der Waals surface area (Å²) < 4.78 is 34.3. The molecule has 3 aromatic heterocycles. The molecule has 4 rings (SSSR count). The van der Waals surface area contributed by atoms with Crippen molar-refractivity contribution in [3.05, 3.63) is 53.2 Å². The topological polar surface area (TPSA) is 94.8 Å². The number of nitriles is 1. The van der Waals surface area contributed by atoms with E-state index in [0.717, 1.165) is 11.1 Å². The molecule has 0 saturated carbocycles. The van der Waals surface area contributed by atoms with Crippen molar-refractivity contribution in [3.8, 4) is 6.07 Å². The molecule has 0 atom stereocenters. The zero-order valence-corrected chi connectivity index (χ0v) is 16.6. The minimum absolute atomic E-state index is 0.173. The van der Waals surface area contributed by atoms with E-state index in [2.05, 4.69) is 16.1 Å². The van der Waals surface area contributed by atoms with E-state index in [9.17, 15) is 13.7 Å². The molecule has 0 aliphatic carbocycles. The number of pyridine rings is 1. The molecule has 28 heavy (non-hydrogen) atoms. The van der Waals surface area contributed by atoms with Gasteiger partial charge in [-0.05, 0) is 26.0 Å². The van der Waals surface area contributed by atoms with Crippen LogP contribution in [-0.4, -0.2) is 53.4 Å². The zero-order chi connectivity index (χ0) is 19.9. The molecule has 0 amide bonds. The van der Waals surface area contributed by atoms with E-state index in [1.165, 1.54) is 4.31 Å². The van der Waals surface area contributed by atoms with Crippen LogP contribution in [0.2, 0.25) is 0 Å². The summed E-state index contributed by atoms with van der Waals surface area (Å²) in [5, 5.41) is 13.3. The van der Waals surface area contributed by atoms with Gasteiger partial charge in [-0.2, -0.15) is 9.57 Å². The second-order valence-electron chi connectivity index (χ2n) is 6.97. The highest BCUT2D eigenvalue weighted by molar-refractivity contribution is 7.89. The summed E-state index contributed by atoms with van der Waals surface area (Å²) in [6, 6.07) is 8.07. The van der Waals surface area contributed by atoms with Gasteiger partial charge in [0.25, 0.3) is 0 Å². The minimum Gasteiger partial charge on any atom is -0.360 e. The maximum absolute atomic E-state index is 12.9. The van der Waals surface area contributed by atoms with Gasteiger partial charge in [-0.1, -0.05) is 11.2 Å². The lowest BCUT2D eigenvalue weighted by Crippen LogP contribution is -2.48. The number of hydrogen-bond donors (Lipinski definition) is 0. The largest absolute Gasteiger partial charge is 0.360 e. The Hall–Kier alpha value is -2.67. The third kappa shape index (κ3) is 3.09. The van der Waals surface area contributed by atoms with Crippen molar-refractivity contribution in [1.82, 2.24) is 18.8 Å². The predicted molar refractivity (Wildman–Crippen MR) is 102 cm³/mol. The highest BCUT2D eigenvalue weighted by Gasteiger charge is 2.33. The van der Waals surface area contributed by atoms with Crippen molar-refractivity contribution in [2.24, 2.45) is 0 Å². The fraction of sp³-hybridized carbons (Fsp3) is 0.368. The molecular formula is C19H21N5O3S. The molecule has 146 valence electrons. The molecule has 0 spiro atoms. The average molecular weight is 399 g/mol. The standard InChI is InChI=1S/C19H21N5O3S/c1-14-19(15(2)27-21-14)28(25,26)24-9-7-22(8-10-24)12-16-13-23-6-4-3-5-18(23)17(16)11-20/h3-6,13H,7-10,12H2,1-2H3. The summed E-state index contributed by atoms with van der Waals surface area (Å²) in [6.45, 7) is 5.84. The molecule has 4 heterocycles. The lowest BCUT2D eigenvalue weighted by molar-refractivity contribution is 0.181. The van der Waals surface area contributed by atoms with Gasteiger partial charge in [0.2, 0.25) is 10.0 Å². The lowest BCUT2D eigenvalue weighted by atomic mass is 10.1. The monoisotopic (exact) mass is 399 g/mol. The Balaban J connectivity index is 1.49. The number of nitrogens with zero attached hydrogens (tertiary/aromatic N) is 5. The van der Waals surface area contributed by atoms with E-state index in [1.807, 2.05) is 35.0 Å². The molecule has 8 nitrogen and oxygen atoms in total. The van der Waals surface area contributed by atoms with E-state index >= 15 is 0 Å². The summed E-state index contributed by atoms with van der Waals surface area (Å²) in [5.74, 6) is 0.319. The molecule has 0 unspecified atom stereocenters. The van der Waals surface area contributed by atoms with Crippen LogP contribution < -0.4 is 0 Å². The van der Waals surface area contributed by atoms with E-state index in [-0.39, 0.29) is 4.90 Å². The van der Waals surface area contributed by atoms with Gasteiger partial charge in [-0.15, -0.1) is 0 Å². The van der Waals surface area contributed by atoms with E-state index < -0.39 is 10.0 Å². The van der Waals surface area contributed by atoms with Gasteiger partial charge in [0.15, 0.2) is 5.76 Å². The minimum atomic E-state index is -3.62. The number of piperazine rings is 1. The van der Waals surface area contributed by atoms with Crippen molar-refractivity contribution in [2.45, 2.75) is 25.3 Å². The Kier molecular flexibility index (Phi) is 4.71. The number of hydrogen-bond acceptors (Lipinski definition) is 6. The Morgan fingerprint density at radius 3 is 2.61 bits per heavy atom. The third-order valence-corrected chi connectivity index (χ3v) is 7.31. The molecule has 0 aromatic carbocycles. The summed E-state index contributed by atoms with van der Waals surface area (Å²) in [5.41, 5.74) is 2.90. The van der Waals surface area contributed by atoms with Gasteiger partial charge in [-0.25, -0.2) is 8.42 Å². The van der Waals surface area contributed by atoms with Gasteiger partial charge >= 0.3 is 0 Å². The number of aromatic nitrogens is 2. The maximum Gasteiger partial charge on any atom is 0.248 e. The number of sulfonamides is 1. The second-order valence-corrected chi connectivity index (χ2v) is 8.84. The molecule has 0 radical (unpaired) electrons. The third-order valence-electron chi connectivity index (χ3n) is 5.16. The van der Waals surface area contributed by atoms with Crippen LogP contribution in [0.25, 0.3) is 5.52 Å². The van der Waals surface area contributed by atoms with Crippen molar-refractivity contribution in [2.75, 3.05) is 26.2 Å². The summed E-state index contributed by atoms with van der Waals surface area (Å²) in [4.78, 5) is 2.35. The molecule has 0 bridgehead atoms. The molecule has 3 aromatic rings. The maximum atomic E-state index is 12.9. The van der Waals surface area contributed by atoms with Gasteiger partial charge in [0.05, 0.1) is 11.1 Å². The van der Waals surface area contributed by atoms with Crippen LogP contribution in [0.1, 0.15) is 22.6 Å². The smallest absolute Gasteiger partial charge is 0.248 e. The number of rotatable bonds is 4. The zero-order valence-electron chi connectivity index (χ0n) is 15.8. The summed E-state index contributed by atoms with van der Waals surface area (Å²) in [7, 11) is -3.62. The van der Waals surface area contributed by atoms with Crippen LogP contribution >= 0.6 is 0 Å². The average Bonchev–Trinajstić information content (AvgIpc) is 3.21. The van der Waals surface area contributed by atoms with Crippen molar-refractivity contribution >= 4 is 15.5 Å². The van der Waals surface area contributed by atoms with Crippen LogP contribution in [0, 0.1) is 25.2 Å². The fourth-order valence-electron chi connectivity index (χ4n) is 3.77. The van der Waals surface area contributed by atoms with Crippen LogP contribution in [0.3, 0.4) is 0 Å². The first-order valence-corrected chi connectivity index (χ1v) is 10.5. The molecule has 1 fully saturated rings. The van der Waals surface area contributed by atoms with Gasteiger partial charge < -0.3 is 8.92 Å². The Morgan fingerprint density at radius 1 is 1.21 bits per heavy atom. The Bertz CT molecular complexity index is 1140.